The molecule has 0 bridgehead atoms. The number of fused-ring (bicyclic) bond motifs is 7. The molecule has 2 heteroatoms. The Kier molecular flexibility index (Phi) is 6.68. The maximum Gasteiger partial charge on any atom is 0.263 e. The van der Waals surface area contributed by atoms with Crippen LogP contribution in [0.2, 0.25) is 0 Å². The molecule has 10 aromatic rings. The van der Waals surface area contributed by atoms with Gasteiger partial charge in [0, 0.05) is 16.5 Å². The van der Waals surface area contributed by atoms with Gasteiger partial charge in [0.2, 0.25) is 0 Å². The van der Waals surface area contributed by atoms with Crippen LogP contribution in [0.1, 0.15) is 0 Å². The van der Waals surface area contributed by atoms with Crippen LogP contribution >= 0.6 is 0 Å². The SMILES string of the molecule is O=c1c2ccccc2c2cc(-c3cc(-c4ccccc4)cc(-c4cccc5c4ccc4cc6ccccc6cc45)c3)ccc2n1-c1ccccc1. The van der Waals surface area contributed by atoms with Gasteiger partial charge in [0.25, 0.3) is 5.56 Å². The lowest BCUT2D eigenvalue weighted by molar-refractivity contribution is 1.06. The molecule has 1 heterocycles. The predicted octanol–water partition coefficient (Wildman–Crippen LogP) is 12.6. The van der Waals surface area contributed by atoms with Gasteiger partial charge >= 0.3 is 0 Å². The molecular formula is C49H31NO. The number of para-hydroxylation sites is 1. The van der Waals surface area contributed by atoms with Gasteiger partial charge in [0.15, 0.2) is 0 Å². The van der Waals surface area contributed by atoms with Gasteiger partial charge in [-0.15, -0.1) is 0 Å². The molecule has 51 heavy (non-hydrogen) atoms. The molecule has 10 rings (SSSR count). The highest BCUT2D eigenvalue weighted by molar-refractivity contribution is 6.15. The average Bonchev–Trinajstić information content (AvgIpc) is 3.20. The van der Waals surface area contributed by atoms with Crippen LogP contribution in [-0.2, 0) is 0 Å². The Morgan fingerprint density at radius 2 is 0.941 bits per heavy atom. The lowest BCUT2D eigenvalue weighted by Crippen LogP contribution is -2.19. The van der Waals surface area contributed by atoms with Gasteiger partial charge in [-0.2, -0.15) is 0 Å². The number of aromatic nitrogens is 1. The van der Waals surface area contributed by atoms with E-state index < -0.39 is 0 Å². The first kappa shape index (κ1) is 29.2. The van der Waals surface area contributed by atoms with E-state index in [1.54, 1.807) is 0 Å². The van der Waals surface area contributed by atoms with Crippen molar-refractivity contribution < 1.29 is 0 Å². The van der Waals surface area contributed by atoms with E-state index in [0.29, 0.717) is 5.39 Å². The highest BCUT2D eigenvalue weighted by Crippen LogP contribution is 2.39. The first-order valence-electron chi connectivity index (χ1n) is 17.4. The van der Waals surface area contributed by atoms with E-state index in [0.717, 1.165) is 44.2 Å². The number of hydrogen-bond donors (Lipinski definition) is 0. The molecule has 0 aliphatic carbocycles. The largest absolute Gasteiger partial charge is 0.276 e. The van der Waals surface area contributed by atoms with E-state index in [1.807, 2.05) is 53.1 Å². The molecule has 0 aliphatic rings. The van der Waals surface area contributed by atoms with E-state index in [4.69, 9.17) is 0 Å². The van der Waals surface area contributed by atoms with Crippen LogP contribution < -0.4 is 5.56 Å². The second-order valence-corrected chi connectivity index (χ2v) is 13.3. The Morgan fingerprint density at radius 1 is 0.314 bits per heavy atom. The van der Waals surface area contributed by atoms with E-state index in [-0.39, 0.29) is 5.56 Å². The van der Waals surface area contributed by atoms with E-state index in [2.05, 4.69) is 140 Å². The summed E-state index contributed by atoms with van der Waals surface area (Å²) < 4.78 is 1.84. The van der Waals surface area contributed by atoms with Crippen molar-refractivity contribution in [2.24, 2.45) is 0 Å². The summed E-state index contributed by atoms with van der Waals surface area (Å²) in [4.78, 5) is 13.9. The first-order chi connectivity index (χ1) is 25.2. The molecule has 0 amide bonds. The minimum atomic E-state index is -0.0121. The number of pyridine rings is 1. The highest BCUT2D eigenvalue weighted by atomic mass is 16.1. The van der Waals surface area contributed by atoms with Crippen molar-refractivity contribution >= 4 is 54.0 Å². The van der Waals surface area contributed by atoms with E-state index in [1.165, 1.54) is 43.4 Å². The van der Waals surface area contributed by atoms with Crippen LogP contribution in [0.5, 0.6) is 0 Å². The van der Waals surface area contributed by atoms with Crippen molar-refractivity contribution in [2.75, 3.05) is 0 Å². The third kappa shape index (κ3) is 4.84. The number of nitrogens with zero attached hydrogens (tertiary/aromatic N) is 1. The number of rotatable bonds is 4. The van der Waals surface area contributed by atoms with Gasteiger partial charge in [-0.1, -0.05) is 127 Å². The second kappa shape index (κ2) is 11.7. The fourth-order valence-corrected chi connectivity index (χ4v) is 7.87. The molecule has 0 saturated heterocycles. The summed E-state index contributed by atoms with van der Waals surface area (Å²) in [5, 5.41) is 10.2. The van der Waals surface area contributed by atoms with Crippen LogP contribution in [0.4, 0.5) is 0 Å². The maximum absolute atomic E-state index is 13.9. The smallest absolute Gasteiger partial charge is 0.263 e. The van der Waals surface area contributed by atoms with E-state index in [9.17, 15) is 4.79 Å². The summed E-state index contributed by atoms with van der Waals surface area (Å²) in [6.45, 7) is 0. The monoisotopic (exact) mass is 649 g/mol. The van der Waals surface area contributed by atoms with E-state index >= 15 is 0 Å². The quantitative estimate of drug-likeness (QED) is 0.137. The Balaban J connectivity index is 1.22. The van der Waals surface area contributed by atoms with Gasteiger partial charge < -0.3 is 0 Å². The minimum absolute atomic E-state index is 0.0121. The molecule has 0 N–H and O–H groups in total. The van der Waals surface area contributed by atoms with Crippen molar-refractivity contribution in [1.29, 1.82) is 0 Å². The van der Waals surface area contributed by atoms with Gasteiger partial charge in [0.05, 0.1) is 5.52 Å². The van der Waals surface area contributed by atoms with Crippen molar-refractivity contribution in [3.63, 3.8) is 0 Å². The summed E-state index contributed by atoms with van der Waals surface area (Å²) in [6, 6.07) is 66.4. The van der Waals surface area contributed by atoms with Crippen molar-refractivity contribution in [3.8, 4) is 39.1 Å². The topological polar surface area (TPSA) is 22.0 Å². The summed E-state index contributed by atoms with van der Waals surface area (Å²) in [5.41, 5.74) is 8.65. The van der Waals surface area contributed by atoms with Gasteiger partial charge in [0.1, 0.15) is 0 Å². The summed E-state index contributed by atoms with van der Waals surface area (Å²) >= 11 is 0. The summed E-state index contributed by atoms with van der Waals surface area (Å²) in [6.07, 6.45) is 0. The fourth-order valence-electron chi connectivity index (χ4n) is 7.87. The minimum Gasteiger partial charge on any atom is -0.276 e. The Morgan fingerprint density at radius 3 is 1.75 bits per heavy atom. The molecule has 0 atom stereocenters. The molecule has 0 radical (unpaired) electrons. The van der Waals surface area contributed by atoms with Crippen molar-refractivity contribution in [3.05, 3.63) is 198 Å². The molecular weight excluding hydrogens is 619 g/mol. The van der Waals surface area contributed by atoms with Crippen LogP contribution in [0.25, 0.3) is 93.1 Å². The lowest BCUT2D eigenvalue weighted by atomic mass is 9.89. The molecule has 0 saturated carbocycles. The second-order valence-electron chi connectivity index (χ2n) is 13.3. The number of benzene rings is 9. The van der Waals surface area contributed by atoms with Crippen LogP contribution in [0.15, 0.2) is 193 Å². The number of hydrogen-bond acceptors (Lipinski definition) is 1. The van der Waals surface area contributed by atoms with Crippen LogP contribution in [0, 0.1) is 0 Å². The molecule has 0 fully saturated rings. The molecule has 9 aromatic carbocycles. The molecule has 1 aromatic heterocycles. The molecule has 0 spiro atoms. The first-order valence-corrected chi connectivity index (χ1v) is 17.4. The molecule has 2 nitrogen and oxygen atoms in total. The zero-order valence-electron chi connectivity index (χ0n) is 27.8. The Labute approximate surface area is 295 Å². The lowest BCUT2D eigenvalue weighted by Gasteiger charge is -2.16. The van der Waals surface area contributed by atoms with Crippen LogP contribution in [0.3, 0.4) is 0 Å². The molecule has 0 aliphatic heterocycles. The van der Waals surface area contributed by atoms with Crippen molar-refractivity contribution in [2.45, 2.75) is 0 Å². The molecule has 238 valence electrons. The standard InChI is InChI=1S/C49H31NO/c51-49-45-19-10-9-18-43(45)47-31-35(23-25-48(47)50(49)40-16-5-2-6-17-40)38-27-37(32-12-3-1-4-13-32)28-39(29-38)41-20-11-21-42-44(41)24-22-36-26-33-14-7-8-15-34(33)30-46(36)42/h1-31H. The molecule has 0 unspecified atom stereocenters. The van der Waals surface area contributed by atoms with Gasteiger partial charge in [-0.25, -0.2) is 0 Å². The zero-order chi connectivity index (χ0) is 33.9. The summed E-state index contributed by atoms with van der Waals surface area (Å²) in [5.74, 6) is 0. The third-order valence-corrected chi connectivity index (χ3v) is 10.3. The van der Waals surface area contributed by atoms with Crippen molar-refractivity contribution in [1.82, 2.24) is 4.57 Å². The fraction of sp³-hybridized carbons (Fsp3) is 0. The van der Waals surface area contributed by atoms with Gasteiger partial charge in [-0.3, -0.25) is 9.36 Å². The predicted molar refractivity (Wildman–Crippen MR) is 216 cm³/mol. The Hall–Kier alpha value is -6.77. The highest BCUT2D eigenvalue weighted by Gasteiger charge is 2.15. The summed E-state index contributed by atoms with van der Waals surface area (Å²) in [7, 11) is 0. The Bertz CT molecular complexity index is 3030. The average molecular weight is 650 g/mol. The maximum atomic E-state index is 13.9. The van der Waals surface area contributed by atoms with Crippen LogP contribution in [-0.4, -0.2) is 4.57 Å². The van der Waals surface area contributed by atoms with Gasteiger partial charge in [-0.05, 0) is 132 Å². The normalized spacial score (nSPS) is 11.6. The third-order valence-electron chi connectivity index (χ3n) is 10.3. The zero-order valence-corrected chi connectivity index (χ0v) is 27.8.